The minimum absolute atomic E-state index is 0.0113. The molecule has 0 radical (unpaired) electrons. The molecule has 3 N–H and O–H groups in total. The Labute approximate surface area is 222 Å². The number of thiazole rings is 1. The molecule has 2 aliphatic heterocycles. The summed E-state index contributed by atoms with van der Waals surface area (Å²) in [5.41, 5.74) is 3.83. The summed E-state index contributed by atoms with van der Waals surface area (Å²) in [6, 6.07) is -0.843. The number of oxime groups is 1. The van der Waals surface area contributed by atoms with E-state index in [9.17, 15) is 19.2 Å². The molecule has 3 heterocycles. The van der Waals surface area contributed by atoms with Crippen molar-refractivity contribution in [2.24, 2.45) is 16.0 Å². The van der Waals surface area contributed by atoms with Crippen LogP contribution in [0, 0.1) is 10.8 Å². The summed E-state index contributed by atoms with van der Waals surface area (Å²) in [4.78, 5) is 61.2. The Morgan fingerprint density at radius 3 is 2.68 bits per heavy atom. The maximum Gasteiger partial charge on any atom is 0.321 e. The van der Waals surface area contributed by atoms with Crippen molar-refractivity contribution in [2.45, 2.75) is 32.2 Å². The van der Waals surface area contributed by atoms with E-state index in [4.69, 9.17) is 20.0 Å². The fourth-order valence-corrected chi connectivity index (χ4v) is 5.46. The van der Waals surface area contributed by atoms with Crippen LogP contribution >= 0.6 is 23.1 Å². The predicted molar refractivity (Wildman–Crippen MR) is 138 cm³/mol. The summed E-state index contributed by atoms with van der Waals surface area (Å²) in [6.07, 6.45) is 2.89. The fourth-order valence-electron chi connectivity index (χ4n) is 3.39. The average molecular weight is 552 g/mol. The highest BCUT2D eigenvalue weighted by molar-refractivity contribution is 8.00. The number of ether oxygens (including phenoxy) is 2. The number of hydrogen-bond acceptors (Lipinski definition) is 12. The third kappa shape index (κ3) is 6.13. The van der Waals surface area contributed by atoms with Crippen molar-refractivity contribution in [2.75, 3.05) is 31.4 Å². The number of nitrogens with two attached hydrogens (primary N) is 1. The molecule has 0 aromatic carbocycles. The molecule has 37 heavy (non-hydrogen) atoms. The Hall–Kier alpha value is -3.39. The molecular weight excluding hydrogens is 522 g/mol. The molecule has 0 saturated carbocycles. The van der Waals surface area contributed by atoms with E-state index in [1.54, 1.807) is 26.2 Å². The van der Waals surface area contributed by atoms with Gasteiger partial charge in [-0.3, -0.25) is 19.2 Å². The van der Waals surface area contributed by atoms with Crippen molar-refractivity contribution in [3.8, 4) is 0 Å². The summed E-state index contributed by atoms with van der Waals surface area (Å²) in [6.45, 7) is 11.9. The maximum atomic E-state index is 13.0. The summed E-state index contributed by atoms with van der Waals surface area (Å²) in [5, 5.41) is 7.89. The van der Waals surface area contributed by atoms with E-state index in [1.807, 2.05) is 0 Å². The Morgan fingerprint density at radius 2 is 2.08 bits per heavy atom. The van der Waals surface area contributed by atoms with Crippen LogP contribution in [0.15, 0.2) is 35.8 Å². The molecular formula is C23H29N5O7S2. The predicted octanol–water partition coefficient (Wildman–Crippen LogP) is 1.29. The van der Waals surface area contributed by atoms with E-state index in [0.717, 1.165) is 11.3 Å². The number of carbonyl (C=O) groups is 4. The quantitative estimate of drug-likeness (QED) is 0.0824. The first-order chi connectivity index (χ1) is 17.4. The lowest BCUT2D eigenvalue weighted by molar-refractivity contribution is -0.178. The van der Waals surface area contributed by atoms with Gasteiger partial charge in [0, 0.05) is 17.7 Å². The third-order valence-electron chi connectivity index (χ3n) is 5.51. The minimum atomic E-state index is -1.19. The Morgan fingerprint density at radius 1 is 1.35 bits per heavy atom. The monoisotopic (exact) mass is 551 g/mol. The SMILES string of the molecule is C=CCON=C(C(=O)NC1C(=O)N2CC(C=C)(C(=O)OCOC(=O)C(C)(C)C)CS[C@H]12)c1csc(N)n1. The largest absolute Gasteiger partial charge is 0.427 e. The molecule has 2 fully saturated rings. The van der Waals surface area contributed by atoms with Gasteiger partial charge in [-0.25, -0.2) is 4.98 Å². The zero-order chi connectivity index (χ0) is 27.4. The van der Waals surface area contributed by atoms with Crippen LogP contribution in [0.25, 0.3) is 0 Å². The van der Waals surface area contributed by atoms with E-state index in [-0.39, 0.29) is 41.3 Å². The number of aromatic nitrogens is 1. The number of nitrogen functional groups attached to an aromatic ring is 1. The van der Waals surface area contributed by atoms with E-state index in [0.29, 0.717) is 0 Å². The Balaban J connectivity index is 1.63. The number of nitrogens with zero attached hydrogens (tertiary/aromatic N) is 3. The molecule has 3 rings (SSSR count). The van der Waals surface area contributed by atoms with E-state index in [2.05, 4.69) is 28.6 Å². The second-order valence-corrected chi connectivity index (χ2v) is 11.3. The highest BCUT2D eigenvalue weighted by atomic mass is 32.2. The van der Waals surface area contributed by atoms with E-state index >= 15 is 0 Å². The van der Waals surface area contributed by atoms with Gasteiger partial charge in [0.15, 0.2) is 10.8 Å². The van der Waals surface area contributed by atoms with E-state index in [1.165, 1.54) is 28.8 Å². The van der Waals surface area contributed by atoms with Gasteiger partial charge in [-0.05, 0) is 20.8 Å². The number of rotatable bonds is 10. The molecule has 3 atom stereocenters. The normalized spacial score (nSPS) is 23.3. The summed E-state index contributed by atoms with van der Waals surface area (Å²) in [5.74, 6) is -1.97. The first-order valence-corrected chi connectivity index (χ1v) is 13.1. The van der Waals surface area contributed by atoms with Gasteiger partial charge in [0.25, 0.3) is 5.91 Å². The topological polar surface area (TPSA) is 163 Å². The van der Waals surface area contributed by atoms with Gasteiger partial charge < -0.3 is 30.3 Å². The molecule has 0 bridgehead atoms. The Kier molecular flexibility index (Phi) is 8.64. The number of amides is 2. The zero-order valence-corrected chi connectivity index (χ0v) is 22.4. The van der Waals surface area contributed by atoms with E-state index < -0.39 is 46.9 Å². The third-order valence-corrected chi connectivity index (χ3v) is 7.73. The van der Waals surface area contributed by atoms with Gasteiger partial charge in [-0.1, -0.05) is 23.9 Å². The van der Waals surface area contributed by atoms with Crippen LogP contribution in [-0.2, 0) is 33.5 Å². The number of anilines is 1. The summed E-state index contributed by atoms with van der Waals surface area (Å²) in [7, 11) is 0. The number of carbonyl (C=O) groups excluding carboxylic acids is 4. The molecule has 0 spiro atoms. The van der Waals surface area contributed by atoms with Crippen molar-refractivity contribution in [1.82, 2.24) is 15.2 Å². The van der Waals surface area contributed by atoms with Gasteiger partial charge in [-0.2, -0.15) is 0 Å². The van der Waals surface area contributed by atoms with Crippen LogP contribution in [0.3, 0.4) is 0 Å². The molecule has 2 aliphatic rings. The van der Waals surface area contributed by atoms with Crippen LogP contribution in [0.2, 0.25) is 0 Å². The van der Waals surface area contributed by atoms with Crippen LogP contribution in [0.1, 0.15) is 26.5 Å². The lowest BCUT2D eigenvalue weighted by Crippen LogP contribution is -2.73. The average Bonchev–Trinajstić information content (AvgIpc) is 3.29. The Bertz CT molecular complexity index is 1130. The second kappa shape index (κ2) is 11.3. The summed E-state index contributed by atoms with van der Waals surface area (Å²) < 4.78 is 10.2. The first kappa shape index (κ1) is 28.2. The number of hydrogen-bond donors (Lipinski definition) is 2. The lowest BCUT2D eigenvalue weighted by Gasteiger charge is -2.53. The van der Waals surface area contributed by atoms with Crippen molar-refractivity contribution < 1.29 is 33.5 Å². The standard InChI is InChI=1S/C23H29N5O7S2/c1-6-8-35-27-14(13-9-36-21(24)25-13)16(29)26-15-17(30)28-10-23(7-2,11-37-18(15)28)20(32)34-12-33-19(31)22(3,4)5/h6-7,9,15,18H,1-2,8,10-12H2,3-5H3,(H2,24,25)(H,26,29)/t15?,18-,23?/m1/s1. The van der Waals surface area contributed by atoms with Gasteiger partial charge in [0.1, 0.15) is 29.1 Å². The van der Waals surface area contributed by atoms with Gasteiger partial charge in [-0.15, -0.1) is 29.7 Å². The zero-order valence-electron chi connectivity index (χ0n) is 20.7. The number of thioether (sulfide) groups is 1. The summed E-state index contributed by atoms with van der Waals surface area (Å²) >= 11 is 2.43. The smallest absolute Gasteiger partial charge is 0.321 e. The second-order valence-electron chi connectivity index (χ2n) is 9.31. The van der Waals surface area contributed by atoms with Crippen molar-refractivity contribution in [3.05, 3.63) is 36.4 Å². The number of esters is 2. The van der Waals surface area contributed by atoms with Crippen molar-refractivity contribution in [1.29, 1.82) is 0 Å². The highest BCUT2D eigenvalue weighted by Gasteiger charge is 2.57. The van der Waals surface area contributed by atoms with Crippen LogP contribution in [-0.4, -0.2) is 76.5 Å². The lowest BCUT2D eigenvalue weighted by atomic mass is 9.87. The molecule has 12 nitrogen and oxygen atoms in total. The van der Waals surface area contributed by atoms with Crippen LogP contribution < -0.4 is 11.1 Å². The first-order valence-electron chi connectivity index (χ1n) is 11.2. The number of nitrogens with one attached hydrogen (secondary N) is 1. The molecule has 0 aliphatic carbocycles. The van der Waals surface area contributed by atoms with Crippen molar-refractivity contribution >= 4 is 57.7 Å². The molecule has 2 amide bonds. The highest BCUT2D eigenvalue weighted by Crippen LogP contribution is 2.43. The van der Waals surface area contributed by atoms with Crippen molar-refractivity contribution in [3.63, 3.8) is 0 Å². The fraction of sp³-hybridized carbons (Fsp3) is 0.478. The maximum absolute atomic E-state index is 13.0. The van der Waals surface area contributed by atoms with Crippen LogP contribution in [0.4, 0.5) is 5.13 Å². The van der Waals surface area contributed by atoms with Gasteiger partial charge >= 0.3 is 11.9 Å². The van der Waals surface area contributed by atoms with Gasteiger partial charge in [0.05, 0.1) is 5.41 Å². The van der Waals surface area contributed by atoms with Crippen LogP contribution in [0.5, 0.6) is 0 Å². The molecule has 2 unspecified atom stereocenters. The van der Waals surface area contributed by atoms with Gasteiger partial charge in [0.2, 0.25) is 12.7 Å². The molecule has 2 saturated heterocycles. The molecule has 200 valence electrons. The molecule has 1 aromatic heterocycles. The number of fused-ring (bicyclic) bond motifs is 1. The molecule has 1 aromatic rings. The molecule has 14 heteroatoms. The minimum Gasteiger partial charge on any atom is -0.427 e. The number of β-lactam (4-membered cyclic amide) rings is 1.